The number of carbonyl (C=O) groups excluding carboxylic acids is 1. The van der Waals surface area contributed by atoms with Crippen LogP contribution in [0, 0.1) is 5.82 Å². The highest BCUT2D eigenvalue weighted by Gasteiger charge is 2.10. The lowest BCUT2D eigenvalue weighted by Gasteiger charge is -2.07. The van der Waals surface area contributed by atoms with Crippen LogP contribution in [0.2, 0.25) is 5.02 Å². The highest BCUT2D eigenvalue weighted by molar-refractivity contribution is 6.33. The molecule has 0 aliphatic heterocycles. The fraction of sp³-hybridized carbons (Fsp3) is 0. The van der Waals surface area contributed by atoms with E-state index in [1.54, 1.807) is 36.4 Å². The molecular formula is C13H8ClFO. The number of rotatable bonds is 2. The molecule has 0 saturated carbocycles. The summed E-state index contributed by atoms with van der Waals surface area (Å²) in [5.74, 6) is -0.368. The molecule has 2 rings (SSSR count). The first-order valence-corrected chi connectivity index (χ1v) is 5.10. The molecule has 0 atom stereocenters. The van der Waals surface area contributed by atoms with E-state index in [2.05, 4.69) is 0 Å². The van der Waals surface area contributed by atoms with Gasteiger partial charge in [-0.2, -0.15) is 0 Å². The van der Waals surface area contributed by atoms with Crippen molar-refractivity contribution in [2.45, 2.75) is 0 Å². The lowest BCUT2D eigenvalue weighted by Crippen LogP contribution is -1.91. The van der Waals surface area contributed by atoms with Crippen LogP contribution in [0.4, 0.5) is 4.39 Å². The molecule has 3 heteroatoms. The van der Waals surface area contributed by atoms with Crippen molar-refractivity contribution in [2.24, 2.45) is 0 Å². The Kier molecular flexibility index (Phi) is 3.02. The zero-order chi connectivity index (χ0) is 11.5. The van der Waals surface area contributed by atoms with Crippen LogP contribution in [0.1, 0.15) is 10.4 Å². The largest absolute Gasteiger partial charge is 0.298 e. The van der Waals surface area contributed by atoms with Crippen LogP contribution < -0.4 is 0 Å². The first-order chi connectivity index (χ1) is 7.74. The molecule has 1 nitrogen and oxygen atoms in total. The standard InChI is InChI=1S/C13H8ClFO/c14-12-6-3-5-9(11(12)8-16)10-4-1-2-7-13(10)15/h1-8H. The lowest BCUT2D eigenvalue weighted by atomic mass is 10.00. The molecule has 0 saturated heterocycles. The number of benzene rings is 2. The Morgan fingerprint density at radius 1 is 1.00 bits per heavy atom. The van der Waals surface area contributed by atoms with E-state index in [1.165, 1.54) is 6.07 Å². The molecule has 0 radical (unpaired) electrons. The van der Waals surface area contributed by atoms with Gasteiger partial charge in [0.05, 0.1) is 5.02 Å². The lowest BCUT2D eigenvalue weighted by molar-refractivity contribution is 0.112. The minimum absolute atomic E-state index is 0.314. The molecule has 0 fully saturated rings. The van der Waals surface area contributed by atoms with Crippen molar-refractivity contribution in [1.29, 1.82) is 0 Å². The maximum atomic E-state index is 13.6. The van der Waals surface area contributed by atoms with Gasteiger partial charge in [-0.25, -0.2) is 4.39 Å². The average molecular weight is 235 g/mol. The first kappa shape index (κ1) is 10.8. The fourth-order valence-electron chi connectivity index (χ4n) is 1.57. The Balaban J connectivity index is 2.69. The number of hydrogen-bond acceptors (Lipinski definition) is 1. The van der Waals surface area contributed by atoms with E-state index in [9.17, 15) is 9.18 Å². The van der Waals surface area contributed by atoms with Crippen molar-refractivity contribution in [3.8, 4) is 11.1 Å². The Bertz CT molecular complexity index is 537. The van der Waals surface area contributed by atoms with Crippen molar-refractivity contribution >= 4 is 17.9 Å². The Labute approximate surface area is 97.5 Å². The highest BCUT2D eigenvalue weighted by Crippen LogP contribution is 2.29. The van der Waals surface area contributed by atoms with Gasteiger partial charge in [-0.3, -0.25) is 4.79 Å². The van der Waals surface area contributed by atoms with Crippen molar-refractivity contribution in [3.05, 3.63) is 58.9 Å². The number of hydrogen-bond donors (Lipinski definition) is 0. The summed E-state index contributed by atoms with van der Waals surface area (Å²) >= 11 is 5.88. The summed E-state index contributed by atoms with van der Waals surface area (Å²) in [6.45, 7) is 0. The van der Waals surface area contributed by atoms with Gasteiger partial charge in [0.1, 0.15) is 5.82 Å². The summed E-state index contributed by atoms with van der Waals surface area (Å²) in [6, 6.07) is 11.3. The highest BCUT2D eigenvalue weighted by atomic mass is 35.5. The van der Waals surface area contributed by atoms with E-state index >= 15 is 0 Å². The van der Waals surface area contributed by atoms with E-state index < -0.39 is 0 Å². The molecule has 0 N–H and O–H groups in total. The predicted molar refractivity (Wildman–Crippen MR) is 62.2 cm³/mol. The van der Waals surface area contributed by atoms with Gasteiger partial charge in [-0.05, 0) is 17.7 Å². The molecule has 0 heterocycles. The Morgan fingerprint density at radius 2 is 1.69 bits per heavy atom. The summed E-state index contributed by atoms with van der Waals surface area (Å²) in [5.41, 5.74) is 1.21. The van der Waals surface area contributed by atoms with Crippen molar-refractivity contribution in [1.82, 2.24) is 0 Å². The Hall–Kier alpha value is -1.67. The molecule has 0 bridgehead atoms. The molecule has 0 aliphatic rings. The van der Waals surface area contributed by atoms with Crippen LogP contribution in [0.5, 0.6) is 0 Å². The average Bonchev–Trinajstić information content (AvgIpc) is 2.29. The normalized spacial score (nSPS) is 10.1. The third-order valence-corrected chi connectivity index (χ3v) is 2.66. The molecule has 0 spiro atoms. The van der Waals surface area contributed by atoms with Crippen LogP contribution in [-0.2, 0) is 0 Å². The molecule has 16 heavy (non-hydrogen) atoms. The van der Waals surface area contributed by atoms with Gasteiger partial charge in [0.2, 0.25) is 0 Å². The maximum Gasteiger partial charge on any atom is 0.152 e. The first-order valence-electron chi connectivity index (χ1n) is 4.72. The van der Waals surface area contributed by atoms with E-state index in [0.29, 0.717) is 28.0 Å². The third-order valence-electron chi connectivity index (χ3n) is 2.33. The minimum atomic E-state index is -0.368. The molecule has 80 valence electrons. The van der Waals surface area contributed by atoms with Crippen LogP contribution in [-0.4, -0.2) is 6.29 Å². The fourth-order valence-corrected chi connectivity index (χ4v) is 1.79. The molecular weight excluding hydrogens is 227 g/mol. The third kappa shape index (κ3) is 1.84. The maximum absolute atomic E-state index is 13.6. The van der Waals surface area contributed by atoms with Gasteiger partial charge < -0.3 is 0 Å². The van der Waals surface area contributed by atoms with E-state index in [-0.39, 0.29) is 5.82 Å². The second-order valence-corrected chi connectivity index (χ2v) is 3.71. The van der Waals surface area contributed by atoms with Gasteiger partial charge in [0.25, 0.3) is 0 Å². The van der Waals surface area contributed by atoms with Gasteiger partial charge in [-0.1, -0.05) is 41.9 Å². The molecule has 0 unspecified atom stereocenters. The summed E-state index contributed by atoms with van der Waals surface area (Å²) in [5, 5.41) is 0.329. The van der Waals surface area contributed by atoms with Gasteiger partial charge in [0, 0.05) is 11.1 Å². The topological polar surface area (TPSA) is 17.1 Å². The quantitative estimate of drug-likeness (QED) is 0.719. The summed E-state index contributed by atoms with van der Waals surface area (Å²) in [4.78, 5) is 10.9. The molecule has 0 amide bonds. The van der Waals surface area contributed by atoms with Crippen molar-refractivity contribution < 1.29 is 9.18 Å². The minimum Gasteiger partial charge on any atom is -0.298 e. The zero-order valence-corrected chi connectivity index (χ0v) is 9.04. The second-order valence-electron chi connectivity index (χ2n) is 3.30. The molecule has 2 aromatic rings. The number of carbonyl (C=O) groups is 1. The van der Waals surface area contributed by atoms with Crippen molar-refractivity contribution in [2.75, 3.05) is 0 Å². The molecule has 0 aromatic heterocycles. The second kappa shape index (κ2) is 4.45. The molecule has 2 aromatic carbocycles. The summed E-state index contributed by atoms with van der Waals surface area (Å²) in [6.07, 6.45) is 0.643. The van der Waals surface area contributed by atoms with Crippen LogP contribution in [0.15, 0.2) is 42.5 Å². The Morgan fingerprint density at radius 3 is 2.38 bits per heavy atom. The predicted octanol–water partition coefficient (Wildman–Crippen LogP) is 3.96. The van der Waals surface area contributed by atoms with Gasteiger partial charge >= 0.3 is 0 Å². The SMILES string of the molecule is O=Cc1c(Cl)cccc1-c1ccccc1F. The van der Waals surface area contributed by atoms with Crippen LogP contribution in [0.25, 0.3) is 11.1 Å². The smallest absolute Gasteiger partial charge is 0.152 e. The van der Waals surface area contributed by atoms with Crippen molar-refractivity contribution in [3.63, 3.8) is 0 Å². The number of aldehydes is 1. The zero-order valence-electron chi connectivity index (χ0n) is 8.28. The number of halogens is 2. The monoisotopic (exact) mass is 234 g/mol. The van der Waals surface area contributed by atoms with E-state index in [4.69, 9.17) is 11.6 Å². The van der Waals surface area contributed by atoms with E-state index in [1.807, 2.05) is 0 Å². The summed E-state index contributed by atoms with van der Waals surface area (Å²) in [7, 11) is 0. The van der Waals surface area contributed by atoms with E-state index in [0.717, 1.165) is 0 Å². The summed E-state index contributed by atoms with van der Waals surface area (Å²) < 4.78 is 13.6. The van der Waals surface area contributed by atoms with Crippen LogP contribution in [0.3, 0.4) is 0 Å². The van der Waals surface area contributed by atoms with Crippen LogP contribution >= 0.6 is 11.6 Å². The van der Waals surface area contributed by atoms with Gasteiger partial charge in [0.15, 0.2) is 6.29 Å². The van der Waals surface area contributed by atoms with Gasteiger partial charge in [-0.15, -0.1) is 0 Å². The molecule has 0 aliphatic carbocycles.